The van der Waals surface area contributed by atoms with Crippen LogP contribution in [0, 0.1) is 18.6 Å². The Hall–Kier alpha value is -2.21. The molecular weight excluding hydrogens is 272 g/mol. The van der Waals surface area contributed by atoms with Crippen LogP contribution in [0.25, 0.3) is 16.9 Å². The Balaban J connectivity index is 2.33. The van der Waals surface area contributed by atoms with E-state index in [0.29, 0.717) is 21.8 Å². The van der Waals surface area contributed by atoms with Gasteiger partial charge in [0.15, 0.2) is 10.4 Å². The van der Waals surface area contributed by atoms with Crippen molar-refractivity contribution in [3.05, 3.63) is 40.4 Å². The molecule has 5 nitrogen and oxygen atoms in total. The molecule has 2 aromatic heterocycles. The van der Waals surface area contributed by atoms with Gasteiger partial charge in [-0.05, 0) is 49.3 Å². The number of aromatic nitrogens is 4. The van der Waals surface area contributed by atoms with Crippen molar-refractivity contribution in [3.63, 3.8) is 0 Å². The number of aromatic amines is 1. The molecular formula is C14H14N4OS. The third kappa shape index (κ3) is 1.89. The SMILES string of the molecule is COc1ncnc2c1[nH]c(=S)n2-c1ccc(C)c(C)c1. The lowest BCUT2D eigenvalue weighted by atomic mass is 10.1. The largest absolute Gasteiger partial charge is 0.479 e. The fourth-order valence-corrected chi connectivity index (χ4v) is 2.45. The molecule has 1 N–H and O–H groups in total. The number of nitrogens with one attached hydrogen (secondary N) is 1. The van der Waals surface area contributed by atoms with Crippen LogP contribution in [-0.2, 0) is 0 Å². The van der Waals surface area contributed by atoms with Gasteiger partial charge in [0.1, 0.15) is 11.8 Å². The zero-order valence-corrected chi connectivity index (χ0v) is 12.3. The van der Waals surface area contributed by atoms with Crippen LogP contribution in [0.15, 0.2) is 24.5 Å². The van der Waals surface area contributed by atoms with Crippen LogP contribution in [0.4, 0.5) is 0 Å². The zero-order valence-electron chi connectivity index (χ0n) is 11.5. The fourth-order valence-electron chi connectivity index (χ4n) is 2.16. The van der Waals surface area contributed by atoms with Crippen LogP contribution < -0.4 is 4.74 Å². The van der Waals surface area contributed by atoms with Crippen LogP contribution >= 0.6 is 12.2 Å². The van der Waals surface area contributed by atoms with Crippen LogP contribution in [0.1, 0.15) is 11.1 Å². The van der Waals surface area contributed by atoms with Crippen LogP contribution in [0.2, 0.25) is 0 Å². The van der Waals surface area contributed by atoms with E-state index < -0.39 is 0 Å². The van der Waals surface area contributed by atoms with Gasteiger partial charge in [-0.1, -0.05) is 6.07 Å². The third-order valence-electron chi connectivity index (χ3n) is 3.38. The van der Waals surface area contributed by atoms with Gasteiger partial charge in [0.05, 0.1) is 12.8 Å². The monoisotopic (exact) mass is 286 g/mol. The smallest absolute Gasteiger partial charge is 0.242 e. The normalized spacial score (nSPS) is 10.9. The molecule has 0 bridgehead atoms. The first-order valence-corrected chi connectivity index (χ1v) is 6.60. The van der Waals surface area contributed by atoms with Crippen molar-refractivity contribution in [1.29, 1.82) is 0 Å². The predicted octanol–water partition coefficient (Wildman–Crippen LogP) is 3.10. The highest BCUT2D eigenvalue weighted by Gasteiger charge is 2.12. The van der Waals surface area contributed by atoms with Gasteiger partial charge in [0.25, 0.3) is 0 Å². The average Bonchev–Trinajstić information content (AvgIpc) is 2.78. The van der Waals surface area contributed by atoms with Gasteiger partial charge in [0.2, 0.25) is 5.88 Å². The number of hydrogen-bond acceptors (Lipinski definition) is 4. The first kappa shape index (κ1) is 12.8. The molecule has 0 aliphatic rings. The number of fused-ring (bicyclic) bond motifs is 1. The maximum Gasteiger partial charge on any atom is 0.242 e. The van der Waals surface area contributed by atoms with Crippen molar-refractivity contribution in [1.82, 2.24) is 19.5 Å². The average molecular weight is 286 g/mol. The lowest BCUT2D eigenvalue weighted by Gasteiger charge is -2.07. The second-order valence-electron chi connectivity index (χ2n) is 4.62. The molecule has 0 unspecified atom stereocenters. The minimum atomic E-state index is 0.490. The van der Waals surface area contributed by atoms with E-state index in [2.05, 4.69) is 40.9 Å². The highest BCUT2D eigenvalue weighted by Crippen LogP contribution is 2.24. The van der Waals surface area contributed by atoms with Crippen LogP contribution in [0.5, 0.6) is 5.88 Å². The molecule has 0 saturated carbocycles. The Morgan fingerprint density at radius 3 is 2.70 bits per heavy atom. The van der Waals surface area contributed by atoms with Gasteiger partial charge in [-0.15, -0.1) is 0 Å². The number of nitrogens with zero attached hydrogens (tertiary/aromatic N) is 3. The van der Waals surface area contributed by atoms with Crippen molar-refractivity contribution < 1.29 is 4.74 Å². The van der Waals surface area contributed by atoms with Gasteiger partial charge in [0, 0.05) is 0 Å². The molecule has 0 saturated heterocycles. The van der Waals surface area contributed by atoms with E-state index in [-0.39, 0.29) is 0 Å². The van der Waals surface area contributed by atoms with Crippen molar-refractivity contribution >= 4 is 23.4 Å². The summed E-state index contributed by atoms with van der Waals surface area (Å²) in [6.07, 6.45) is 1.47. The molecule has 0 spiro atoms. The standard InChI is InChI=1S/C14H14N4OS/c1-8-4-5-10(6-9(8)2)18-12-11(17-14(18)20)13(19-3)16-7-15-12/h4-7H,1-3H3,(H,17,20). The first-order chi connectivity index (χ1) is 9.61. The van der Waals surface area contributed by atoms with Gasteiger partial charge in [-0.3, -0.25) is 4.57 Å². The minimum Gasteiger partial charge on any atom is -0.479 e. The number of hydrogen-bond donors (Lipinski definition) is 1. The van der Waals surface area contributed by atoms with E-state index in [0.717, 1.165) is 5.69 Å². The predicted molar refractivity (Wildman–Crippen MR) is 80.1 cm³/mol. The maximum absolute atomic E-state index is 5.40. The van der Waals surface area contributed by atoms with E-state index >= 15 is 0 Å². The molecule has 2 heterocycles. The number of imidazole rings is 1. The first-order valence-electron chi connectivity index (χ1n) is 6.19. The second-order valence-corrected chi connectivity index (χ2v) is 5.00. The molecule has 0 amide bonds. The van der Waals surface area contributed by atoms with Crippen molar-refractivity contribution in [2.24, 2.45) is 0 Å². The number of aryl methyl sites for hydroxylation is 2. The summed E-state index contributed by atoms with van der Waals surface area (Å²) in [6, 6.07) is 6.19. The lowest BCUT2D eigenvalue weighted by Crippen LogP contribution is -1.98. The molecule has 102 valence electrons. The van der Waals surface area contributed by atoms with Gasteiger partial charge in [-0.2, -0.15) is 4.98 Å². The molecule has 1 aromatic carbocycles. The lowest BCUT2D eigenvalue weighted by molar-refractivity contribution is 0.401. The van der Waals surface area contributed by atoms with Gasteiger partial charge in [-0.25, -0.2) is 4.98 Å². The van der Waals surface area contributed by atoms with Gasteiger partial charge >= 0.3 is 0 Å². The summed E-state index contributed by atoms with van der Waals surface area (Å²) in [4.78, 5) is 11.5. The fraction of sp³-hybridized carbons (Fsp3) is 0.214. The van der Waals surface area contributed by atoms with E-state index in [9.17, 15) is 0 Å². The molecule has 0 radical (unpaired) electrons. The second kappa shape index (κ2) is 4.72. The molecule has 0 aliphatic carbocycles. The summed E-state index contributed by atoms with van der Waals surface area (Å²) in [5.41, 5.74) is 4.85. The maximum atomic E-state index is 5.40. The van der Waals surface area contributed by atoms with Crippen molar-refractivity contribution in [3.8, 4) is 11.6 Å². The molecule has 0 fully saturated rings. The molecule has 0 aliphatic heterocycles. The quantitative estimate of drug-likeness (QED) is 0.735. The molecule has 20 heavy (non-hydrogen) atoms. The molecule has 3 aromatic rings. The Morgan fingerprint density at radius 2 is 2.00 bits per heavy atom. The van der Waals surface area contributed by atoms with E-state index in [4.69, 9.17) is 17.0 Å². The number of benzene rings is 1. The number of methoxy groups -OCH3 is 1. The summed E-state index contributed by atoms with van der Waals surface area (Å²) < 4.78 is 7.69. The highest BCUT2D eigenvalue weighted by molar-refractivity contribution is 7.71. The Morgan fingerprint density at radius 1 is 1.20 bits per heavy atom. The summed E-state index contributed by atoms with van der Waals surface area (Å²) in [6.45, 7) is 4.16. The van der Waals surface area contributed by atoms with E-state index in [1.54, 1.807) is 7.11 Å². The Labute approximate surface area is 121 Å². The molecule has 3 rings (SSSR count). The Kier molecular flexibility index (Phi) is 3.02. The van der Waals surface area contributed by atoms with Crippen LogP contribution in [-0.4, -0.2) is 26.6 Å². The minimum absolute atomic E-state index is 0.490. The Bertz CT molecular complexity index is 850. The highest BCUT2D eigenvalue weighted by atomic mass is 32.1. The van der Waals surface area contributed by atoms with Crippen molar-refractivity contribution in [2.45, 2.75) is 13.8 Å². The van der Waals surface area contributed by atoms with Crippen LogP contribution in [0.3, 0.4) is 0 Å². The topological polar surface area (TPSA) is 55.7 Å². The summed E-state index contributed by atoms with van der Waals surface area (Å²) >= 11 is 5.40. The summed E-state index contributed by atoms with van der Waals surface area (Å²) in [5.74, 6) is 0.490. The van der Waals surface area contributed by atoms with E-state index in [1.165, 1.54) is 17.5 Å². The molecule has 0 atom stereocenters. The zero-order chi connectivity index (χ0) is 14.3. The number of H-pyrrole nitrogens is 1. The summed E-state index contributed by atoms with van der Waals surface area (Å²) in [7, 11) is 1.58. The third-order valence-corrected chi connectivity index (χ3v) is 3.67. The van der Waals surface area contributed by atoms with Crippen molar-refractivity contribution in [2.75, 3.05) is 7.11 Å². The van der Waals surface area contributed by atoms with E-state index in [1.807, 2.05) is 10.6 Å². The number of rotatable bonds is 2. The summed E-state index contributed by atoms with van der Waals surface area (Å²) in [5, 5.41) is 0. The van der Waals surface area contributed by atoms with Gasteiger partial charge < -0.3 is 9.72 Å². The molecule has 6 heteroatoms. The number of ether oxygens (including phenoxy) is 1.